The summed E-state index contributed by atoms with van der Waals surface area (Å²) in [6.45, 7) is 0. The van der Waals surface area contributed by atoms with Crippen LogP contribution in [0.3, 0.4) is 0 Å². The van der Waals surface area contributed by atoms with Gasteiger partial charge in [0.2, 0.25) is 0 Å². The maximum absolute atomic E-state index is 13.2. The number of amides is 1. The molecule has 3 aromatic rings. The fourth-order valence-electron chi connectivity index (χ4n) is 3.18. The van der Waals surface area contributed by atoms with Gasteiger partial charge >= 0.3 is 0 Å². The van der Waals surface area contributed by atoms with Crippen molar-refractivity contribution in [2.75, 3.05) is 5.01 Å². The van der Waals surface area contributed by atoms with Gasteiger partial charge in [0.1, 0.15) is 5.71 Å². The van der Waals surface area contributed by atoms with E-state index < -0.39 is 27.1 Å². The lowest BCUT2D eigenvalue weighted by Crippen LogP contribution is -2.21. The summed E-state index contributed by atoms with van der Waals surface area (Å²) in [7, 11) is 0. The van der Waals surface area contributed by atoms with E-state index >= 15 is 0 Å². The molecule has 0 spiro atoms. The molecule has 152 valence electrons. The topological polar surface area (TPSA) is 119 Å². The van der Waals surface area contributed by atoms with Gasteiger partial charge in [0, 0.05) is 17.7 Å². The van der Waals surface area contributed by atoms with E-state index in [-0.39, 0.29) is 11.1 Å². The number of anilines is 1. The molecule has 9 nitrogen and oxygen atoms in total. The largest absolute Gasteiger partial charge is 0.281 e. The van der Waals surface area contributed by atoms with Gasteiger partial charge in [-0.1, -0.05) is 48.5 Å². The van der Waals surface area contributed by atoms with E-state index in [1.807, 2.05) is 12.1 Å². The number of hydrogen-bond acceptors (Lipinski definition) is 6. The first kappa shape index (κ1) is 19.6. The summed E-state index contributed by atoms with van der Waals surface area (Å²) in [6, 6.07) is 21.0. The summed E-state index contributed by atoms with van der Waals surface area (Å²) in [5.41, 5.74) is 1.03. The monoisotopic (exact) mass is 414 g/mol. The molecule has 0 saturated carbocycles. The second kappa shape index (κ2) is 7.99. The Morgan fingerprint density at radius 1 is 0.806 bits per heavy atom. The van der Waals surface area contributed by atoms with Crippen molar-refractivity contribution < 1.29 is 14.6 Å². The zero-order chi connectivity index (χ0) is 22.0. The predicted molar refractivity (Wildman–Crippen MR) is 115 cm³/mol. The Morgan fingerprint density at radius 3 is 1.90 bits per heavy atom. The van der Waals surface area contributed by atoms with Crippen molar-refractivity contribution in [1.82, 2.24) is 0 Å². The van der Waals surface area contributed by atoms with Gasteiger partial charge in [0.15, 0.2) is 0 Å². The molecule has 1 heterocycles. The van der Waals surface area contributed by atoms with Gasteiger partial charge in [0.25, 0.3) is 17.3 Å². The summed E-state index contributed by atoms with van der Waals surface area (Å²) in [5, 5.41) is 28.1. The van der Waals surface area contributed by atoms with Crippen LogP contribution in [0.25, 0.3) is 6.08 Å². The van der Waals surface area contributed by atoms with E-state index in [9.17, 15) is 25.0 Å². The van der Waals surface area contributed by atoms with E-state index in [0.29, 0.717) is 17.0 Å². The first-order valence-electron chi connectivity index (χ1n) is 9.13. The second-order valence-corrected chi connectivity index (χ2v) is 6.62. The standard InChI is InChI=1S/C22H14N4O5/c27-22-20(13-15-11-18(25(28)29)14-19(12-15)26(30)31)21(16-7-3-1-4-8-16)23-24(22)17-9-5-2-6-10-17/h1-14H. The maximum Gasteiger partial charge on any atom is 0.281 e. The fourth-order valence-corrected chi connectivity index (χ4v) is 3.18. The minimum atomic E-state index is -0.714. The number of nitro groups is 2. The molecule has 0 aliphatic carbocycles. The van der Waals surface area contributed by atoms with Crippen molar-refractivity contribution in [2.24, 2.45) is 5.10 Å². The van der Waals surface area contributed by atoms with Gasteiger partial charge in [-0.15, -0.1) is 0 Å². The quantitative estimate of drug-likeness (QED) is 0.349. The molecule has 0 bridgehead atoms. The number of non-ortho nitro benzene ring substituents is 2. The van der Waals surface area contributed by atoms with E-state index in [0.717, 1.165) is 6.07 Å². The third kappa shape index (κ3) is 3.92. The molecule has 3 aromatic carbocycles. The molecule has 0 N–H and O–H groups in total. The molecular formula is C22H14N4O5. The molecule has 31 heavy (non-hydrogen) atoms. The average Bonchev–Trinajstić information content (AvgIpc) is 3.10. The summed E-state index contributed by atoms with van der Waals surface area (Å²) < 4.78 is 0. The zero-order valence-corrected chi connectivity index (χ0v) is 15.9. The average molecular weight is 414 g/mol. The molecule has 0 fully saturated rings. The number of hydrazone groups is 1. The minimum absolute atomic E-state index is 0.155. The van der Waals surface area contributed by atoms with Crippen molar-refractivity contribution in [3.63, 3.8) is 0 Å². The zero-order valence-electron chi connectivity index (χ0n) is 15.9. The third-order valence-electron chi connectivity index (χ3n) is 4.58. The first-order chi connectivity index (χ1) is 14.9. The van der Waals surface area contributed by atoms with Crippen LogP contribution < -0.4 is 5.01 Å². The highest BCUT2D eigenvalue weighted by Crippen LogP contribution is 2.30. The lowest BCUT2D eigenvalue weighted by molar-refractivity contribution is -0.394. The number of benzene rings is 3. The van der Waals surface area contributed by atoms with Crippen molar-refractivity contribution in [1.29, 1.82) is 0 Å². The van der Waals surface area contributed by atoms with Crippen LogP contribution in [0.5, 0.6) is 0 Å². The molecule has 0 unspecified atom stereocenters. The molecule has 0 atom stereocenters. The highest BCUT2D eigenvalue weighted by Gasteiger charge is 2.32. The maximum atomic E-state index is 13.2. The SMILES string of the molecule is O=C1C(=Cc2cc([N+](=O)[O-])cc([N+](=O)[O-])c2)C(c2ccccc2)=NN1c1ccccc1. The Morgan fingerprint density at radius 2 is 1.35 bits per heavy atom. The first-order valence-corrected chi connectivity index (χ1v) is 9.13. The van der Waals surface area contributed by atoms with Crippen molar-refractivity contribution in [3.05, 3.63) is 116 Å². The number of hydrogen-bond donors (Lipinski definition) is 0. The Bertz CT molecular complexity index is 1220. The van der Waals surface area contributed by atoms with Crippen LogP contribution in [0, 0.1) is 20.2 Å². The van der Waals surface area contributed by atoms with Crippen LogP contribution in [0.1, 0.15) is 11.1 Å². The van der Waals surface area contributed by atoms with Crippen LogP contribution in [-0.4, -0.2) is 21.5 Å². The smallest absolute Gasteiger partial charge is 0.267 e. The highest BCUT2D eigenvalue weighted by molar-refractivity contribution is 6.37. The van der Waals surface area contributed by atoms with Gasteiger partial charge in [-0.25, -0.2) is 0 Å². The number of nitrogens with zero attached hydrogens (tertiary/aromatic N) is 4. The van der Waals surface area contributed by atoms with Gasteiger partial charge in [0.05, 0.1) is 27.2 Å². The highest BCUT2D eigenvalue weighted by atomic mass is 16.6. The summed E-state index contributed by atoms with van der Waals surface area (Å²) in [6.07, 6.45) is 1.39. The number of carbonyl (C=O) groups is 1. The number of para-hydroxylation sites is 1. The Labute approximate surface area is 175 Å². The van der Waals surface area contributed by atoms with Crippen LogP contribution in [-0.2, 0) is 4.79 Å². The van der Waals surface area contributed by atoms with E-state index in [1.165, 1.54) is 23.2 Å². The second-order valence-electron chi connectivity index (χ2n) is 6.62. The molecule has 1 amide bonds. The fraction of sp³-hybridized carbons (Fsp3) is 0. The van der Waals surface area contributed by atoms with Crippen molar-refractivity contribution >= 4 is 34.8 Å². The number of nitro benzene ring substituents is 2. The normalized spacial score (nSPS) is 14.6. The molecule has 0 radical (unpaired) electrons. The Kier molecular flexibility index (Phi) is 5.07. The third-order valence-corrected chi connectivity index (χ3v) is 4.58. The molecule has 9 heteroatoms. The van der Waals surface area contributed by atoms with Crippen molar-refractivity contribution in [3.8, 4) is 0 Å². The Balaban J connectivity index is 1.87. The molecule has 1 aliphatic heterocycles. The lowest BCUT2D eigenvalue weighted by Gasteiger charge is -2.10. The van der Waals surface area contributed by atoms with Crippen LogP contribution in [0.4, 0.5) is 17.1 Å². The lowest BCUT2D eigenvalue weighted by atomic mass is 10.00. The van der Waals surface area contributed by atoms with Gasteiger partial charge < -0.3 is 0 Å². The number of rotatable bonds is 5. The van der Waals surface area contributed by atoms with Crippen LogP contribution >= 0.6 is 0 Å². The Hall–Kier alpha value is -4.66. The molecule has 1 aliphatic rings. The van der Waals surface area contributed by atoms with Gasteiger partial charge in [-0.05, 0) is 23.8 Å². The molecule has 0 saturated heterocycles. The molecule has 4 rings (SSSR count). The van der Waals surface area contributed by atoms with Crippen LogP contribution in [0.2, 0.25) is 0 Å². The molecule has 0 aromatic heterocycles. The van der Waals surface area contributed by atoms with E-state index in [1.54, 1.807) is 48.5 Å². The van der Waals surface area contributed by atoms with E-state index in [2.05, 4.69) is 5.10 Å². The summed E-state index contributed by atoms with van der Waals surface area (Å²) in [5.74, 6) is -0.445. The van der Waals surface area contributed by atoms with Crippen LogP contribution in [0.15, 0.2) is 89.5 Å². The molecular weight excluding hydrogens is 400 g/mol. The summed E-state index contributed by atoms with van der Waals surface area (Å²) >= 11 is 0. The predicted octanol–water partition coefficient (Wildman–Crippen LogP) is 4.34. The number of carbonyl (C=O) groups excluding carboxylic acids is 1. The minimum Gasteiger partial charge on any atom is -0.267 e. The van der Waals surface area contributed by atoms with Gasteiger partial charge in [-0.3, -0.25) is 25.0 Å². The van der Waals surface area contributed by atoms with E-state index in [4.69, 9.17) is 0 Å². The van der Waals surface area contributed by atoms with Crippen molar-refractivity contribution in [2.45, 2.75) is 0 Å². The van der Waals surface area contributed by atoms with Gasteiger partial charge in [-0.2, -0.15) is 10.1 Å². The summed E-state index contributed by atoms with van der Waals surface area (Å²) in [4.78, 5) is 34.2.